The fourth-order valence-corrected chi connectivity index (χ4v) is 2.53. The first-order valence-electron chi connectivity index (χ1n) is 6.97. The van der Waals surface area contributed by atoms with Gasteiger partial charge < -0.3 is 4.57 Å². The first-order valence-corrected chi connectivity index (χ1v) is 7.35. The highest BCUT2D eigenvalue weighted by atomic mass is 35.5. The maximum absolute atomic E-state index is 13.3. The number of hydrogen-bond acceptors (Lipinski definition) is 2. The molecule has 3 aromatic rings. The van der Waals surface area contributed by atoms with Crippen molar-refractivity contribution in [2.24, 2.45) is 0 Å². The fourth-order valence-electron chi connectivity index (χ4n) is 2.35. The van der Waals surface area contributed by atoms with Crippen molar-refractivity contribution in [3.05, 3.63) is 71.0 Å². The van der Waals surface area contributed by atoms with Crippen molar-refractivity contribution in [3.8, 4) is 11.4 Å². The van der Waals surface area contributed by atoms with E-state index in [4.69, 9.17) is 11.6 Å². The number of benzene rings is 1. The zero-order chi connectivity index (χ0) is 15.7. The van der Waals surface area contributed by atoms with E-state index in [1.807, 2.05) is 42.9 Å². The van der Waals surface area contributed by atoms with E-state index in [0.29, 0.717) is 0 Å². The van der Waals surface area contributed by atoms with Crippen LogP contribution in [0.25, 0.3) is 11.4 Å². The number of hydrogen-bond donors (Lipinski definition) is 0. The van der Waals surface area contributed by atoms with Crippen molar-refractivity contribution in [3.63, 3.8) is 0 Å². The maximum Gasteiger partial charge on any atom is 0.141 e. The molecule has 0 aliphatic carbocycles. The van der Waals surface area contributed by atoms with Crippen molar-refractivity contribution in [1.29, 1.82) is 0 Å². The van der Waals surface area contributed by atoms with E-state index < -0.39 is 5.82 Å². The molecule has 0 aliphatic heterocycles. The highest BCUT2D eigenvalue weighted by Crippen LogP contribution is 2.27. The van der Waals surface area contributed by atoms with Crippen LogP contribution in [0.3, 0.4) is 0 Å². The molecule has 1 atom stereocenters. The van der Waals surface area contributed by atoms with Crippen molar-refractivity contribution in [2.45, 2.75) is 19.9 Å². The molecule has 0 N–H and O–H groups in total. The third kappa shape index (κ3) is 2.74. The number of aryl methyl sites for hydroxylation is 1. The number of halogens is 2. The van der Waals surface area contributed by atoms with E-state index in [0.717, 1.165) is 22.6 Å². The highest BCUT2D eigenvalue weighted by Gasteiger charge is 2.15. The minimum absolute atomic E-state index is 0.0157. The molecule has 0 bridgehead atoms. The molecule has 2 aromatic heterocycles. The third-order valence-corrected chi connectivity index (χ3v) is 3.92. The van der Waals surface area contributed by atoms with Gasteiger partial charge in [0.1, 0.15) is 11.6 Å². The second-order valence-electron chi connectivity index (χ2n) is 5.22. The summed E-state index contributed by atoms with van der Waals surface area (Å²) in [5, 5.41) is 0.0909. The molecule has 5 heteroatoms. The second-order valence-corrected chi connectivity index (χ2v) is 5.63. The third-order valence-electron chi connectivity index (χ3n) is 3.63. The number of aromatic nitrogens is 3. The van der Waals surface area contributed by atoms with E-state index in [1.54, 1.807) is 18.3 Å². The van der Waals surface area contributed by atoms with Gasteiger partial charge in [-0.3, -0.25) is 4.98 Å². The van der Waals surface area contributed by atoms with Crippen molar-refractivity contribution in [1.82, 2.24) is 14.5 Å². The summed E-state index contributed by atoms with van der Waals surface area (Å²) >= 11 is 5.87. The number of rotatable bonds is 3. The molecule has 0 saturated heterocycles. The first-order chi connectivity index (χ1) is 10.6. The van der Waals surface area contributed by atoms with Gasteiger partial charge in [0.25, 0.3) is 0 Å². The van der Waals surface area contributed by atoms with Crippen LogP contribution in [0.15, 0.2) is 48.9 Å². The van der Waals surface area contributed by atoms with E-state index in [1.165, 1.54) is 6.07 Å². The highest BCUT2D eigenvalue weighted by molar-refractivity contribution is 6.31. The van der Waals surface area contributed by atoms with Gasteiger partial charge in [0.2, 0.25) is 0 Å². The minimum atomic E-state index is -0.434. The van der Waals surface area contributed by atoms with Gasteiger partial charge in [-0.1, -0.05) is 17.7 Å². The lowest BCUT2D eigenvalue weighted by atomic mass is 10.1. The lowest BCUT2D eigenvalue weighted by Crippen LogP contribution is -2.09. The molecule has 0 fully saturated rings. The standard InChI is InChI=1S/C17H15ClFN3/c1-11-3-6-16(21-10-11)12(2)22-8-7-20-17(22)13-4-5-15(19)14(18)9-13/h3-10,12H,1-2H3/t12-/m0/s1. The zero-order valence-electron chi connectivity index (χ0n) is 12.3. The van der Waals surface area contributed by atoms with Crippen molar-refractivity contribution in [2.75, 3.05) is 0 Å². The Morgan fingerprint density at radius 2 is 2.00 bits per heavy atom. The largest absolute Gasteiger partial charge is 0.322 e. The predicted molar refractivity (Wildman–Crippen MR) is 85.4 cm³/mol. The van der Waals surface area contributed by atoms with Gasteiger partial charge in [-0.05, 0) is 43.7 Å². The zero-order valence-corrected chi connectivity index (χ0v) is 13.0. The Hall–Kier alpha value is -2.20. The Labute approximate surface area is 133 Å². The lowest BCUT2D eigenvalue weighted by molar-refractivity contribution is 0.623. The van der Waals surface area contributed by atoms with Crippen LogP contribution in [0.2, 0.25) is 5.02 Å². The molecular formula is C17H15ClFN3. The van der Waals surface area contributed by atoms with Crippen molar-refractivity contribution >= 4 is 11.6 Å². The SMILES string of the molecule is Cc1ccc([C@H](C)n2ccnc2-c2ccc(F)c(Cl)c2)nc1. The van der Waals surface area contributed by atoms with Crippen LogP contribution in [0, 0.1) is 12.7 Å². The summed E-state index contributed by atoms with van der Waals surface area (Å²) in [6.45, 7) is 4.05. The van der Waals surface area contributed by atoms with Gasteiger partial charge in [0.15, 0.2) is 0 Å². The second kappa shape index (κ2) is 5.89. The first kappa shape index (κ1) is 14.7. The predicted octanol–water partition coefficient (Wildman–Crippen LogP) is 4.66. The maximum atomic E-state index is 13.3. The van der Waals surface area contributed by atoms with Gasteiger partial charge in [0.05, 0.1) is 16.8 Å². The average Bonchev–Trinajstić information content (AvgIpc) is 2.99. The van der Waals surface area contributed by atoms with Crippen LogP contribution in [0.5, 0.6) is 0 Å². The number of imidazole rings is 1. The van der Waals surface area contributed by atoms with E-state index in [-0.39, 0.29) is 11.1 Å². The van der Waals surface area contributed by atoms with Gasteiger partial charge >= 0.3 is 0 Å². The lowest BCUT2D eigenvalue weighted by Gasteiger charge is -2.16. The van der Waals surface area contributed by atoms with Crippen LogP contribution < -0.4 is 0 Å². The number of pyridine rings is 1. The summed E-state index contributed by atoms with van der Waals surface area (Å²) in [5.41, 5.74) is 2.83. The van der Waals surface area contributed by atoms with Crippen LogP contribution in [0.4, 0.5) is 4.39 Å². The van der Waals surface area contributed by atoms with Crippen LogP contribution in [0.1, 0.15) is 24.2 Å². The Morgan fingerprint density at radius 3 is 2.68 bits per heavy atom. The van der Waals surface area contributed by atoms with Gasteiger partial charge in [-0.25, -0.2) is 9.37 Å². The van der Waals surface area contributed by atoms with E-state index >= 15 is 0 Å². The summed E-state index contributed by atoms with van der Waals surface area (Å²) in [5.74, 6) is 0.300. The molecule has 112 valence electrons. The molecule has 0 radical (unpaired) electrons. The molecule has 3 nitrogen and oxygen atoms in total. The topological polar surface area (TPSA) is 30.7 Å². The molecule has 3 rings (SSSR count). The van der Waals surface area contributed by atoms with Crippen LogP contribution in [-0.4, -0.2) is 14.5 Å². The molecule has 0 saturated carbocycles. The van der Waals surface area contributed by atoms with Crippen LogP contribution in [-0.2, 0) is 0 Å². The molecule has 0 aliphatic rings. The quantitative estimate of drug-likeness (QED) is 0.704. The molecule has 0 unspecified atom stereocenters. The minimum Gasteiger partial charge on any atom is -0.322 e. The van der Waals surface area contributed by atoms with E-state index in [9.17, 15) is 4.39 Å². The Morgan fingerprint density at radius 1 is 1.18 bits per heavy atom. The molecule has 1 aromatic carbocycles. The molecular weight excluding hydrogens is 301 g/mol. The van der Waals surface area contributed by atoms with Crippen LogP contribution >= 0.6 is 11.6 Å². The number of nitrogens with zero attached hydrogens (tertiary/aromatic N) is 3. The summed E-state index contributed by atoms with van der Waals surface area (Å²) in [4.78, 5) is 8.84. The fraction of sp³-hybridized carbons (Fsp3) is 0.176. The Balaban J connectivity index is 2.01. The normalized spacial score (nSPS) is 12.4. The molecule has 22 heavy (non-hydrogen) atoms. The molecule has 0 spiro atoms. The summed E-state index contributed by atoms with van der Waals surface area (Å²) in [7, 11) is 0. The smallest absolute Gasteiger partial charge is 0.141 e. The van der Waals surface area contributed by atoms with Gasteiger partial charge in [0, 0.05) is 24.2 Å². The van der Waals surface area contributed by atoms with Crippen molar-refractivity contribution < 1.29 is 4.39 Å². The average molecular weight is 316 g/mol. The van der Waals surface area contributed by atoms with E-state index in [2.05, 4.69) is 9.97 Å². The Bertz CT molecular complexity index is 796. The van der Waals surface area contributed by atoms with Gasteiger partial charge in [-0.2, -0.15) is 0 Å². The molecule has 0 amide bonds. The monoisotopic (exact) mass is 315 g/mol. The summed E-state index contributed by atoms with van der Waals surface area (Å²) < 4.78 is 15.3. The Kier molecular flexibility index (Phi) is 3.94. The molecule has 2 heterocycles. The van der Waals surface area contributed by atoms with Gasteiger partial charge in [-0.15, -0.1) is 0 Å². The summed E-state index contributed by atoms with van der Waals surface area (Å²) in [6.07, 6.45) is 5.45. The summed E-state index contributed by atoms with van der Waals surface area (Å²) in [6, 6.07) is 8.67.